The maximum atomic E-state index is 11.1. The Morgan fingerprint density at radius 2 is 1.95 bits per heavy atom. The Bertz CT molecular complexity index is 316. The molecule has 6 nitrogen and oxygen atoms in total. The lowest BCUT2D eigenvalue weighted by molar-refractivity contribution is -0.169. The van der Waals surface area contributed by atoms with Crippen molar-refractivity contribution >= 4 is 5.97 Å². The van der Waals surface area contributed by atoms with E-state index in [1.807, 2.05) is 0 Å². The summed E-state index contributed by atoms with van der Waals surface area (Å²) in [6.07, 6.45) is 4.37. The van der Waals surface area contributed by atoms with Gasteiger partial charge in [-0.1, -0.05) is 0 Å². The lowest BCUT2D eigenvalue weighted by Crippen LogP contribution is -2.24. The molecule has 1 heterocycles. The zero-order chi connectivity index (χ0) is 15.6. The molecule has 3 atom stereocenters. The van der Waals surface area contributed by atoms with Crippen molar-refractivity contribution in [3.8, 4) is 0 Å². The molecule has 22 heavy (non-hydrogen) atoms. The molecular weight excluding hydrogens is 288 g/mol. The highest BCUT2D eigenvalue weighted by Gasteiger charge is 2.37. The molecule has 6 heteroatoms. The van der Waals surface area contributed by atoms with Gasteiger partial charge < -0.3 is 23.7 Å². The van der Waals surface area contributed by atoms with Crippen molar-refractivity contribution in [2.75, 3.05) is 46.2 Å². The number of rotatable bonds is 11. The van der Waals surface area contributed by atoms with Crippen molar-refractivity contribution in [2.45, 2.75) is 38.9 Å². The molecule has 1 aliphatic carbocycles. The number of hydrogen-bond acceptors (Lipinski definition) is 6. The van der Waals surface area contributed by atoms with Gasteiger partial charge in [-0.3, -0.25) is 0 Å². The molecule has 2 aliphatic rings. The SMILES string of the molecule is CCOC(=O)COC[C@@H]1C[C@@H]1COCCOC1CCCCO1. The molecule has 0 spiro atoms. The molecule has 1 aliphatic heterocycles. The van der Waals surface area contributed by atoms with E-state index in [9.17, 15) is 4.79 Å². The molecule has 0 aromatic rings. The Morgan fingerprint density at radius 1 is 1.14 bits per heavy atom. The predicted octanol–water partition coefficient (Wildman–Crippen LogP) is 1.76. The van der Waals surface area contributed by atoms with Gasteiger partial charge in [-0.2, -0.15) is 0 Å². The van der Waals surface area contributed by atoms with Crippen LogP contribution in [-0.2, 0) is 28.5 Å². The fraction of sp³-hybridized carbons (Fsp3) is 0.938. The number of hydrogen-bond donors (Lipinski definition) is 0. The highest BCUT2D eigenvalue weighted by molar-refractivity contribution is 5.70. The van der Waals surface area contributed by atoms with Gasteiger partial charge in [0, 0.05) is 13.2 Å². The summed E-state index contributed by atoms with van der Waals surface area (Å²) in [7, 11) is 0. The van der Waals surface area contributed by atoms with Gasteiger partial charge in [0.25, 0.3) is 0 Å². The first-order chi connectivity index (χ1) is 10.8. The molecule has 0 aromatic heterocycles. The second-order valence-electron chi connectivity index (χ2n) is 5.82. The zero-order valence-corrected chi connectivity index (χ0v) is 13.5. The van der Waals surface area contributed by atoms with Gasteiger partial charge in [0.15, 0.2) is 6.29 Å². The monoisotopic (exact) mass is 316 g/mol. The van der Waals surface area contributed by atoms with Gasteiger partial charge in [-0.25, -0.2) is 4.79 Å². The minimum atomic E-state index is -0.293. The summed E-state index contributed by atoms with van der Waals surface area (Å²) in [6, 6.07) is 0. The number of ether oxygens (including phenoxy) is 5. The summed E-state index contributed by atoms with van der Waals surface area (Å²) in [6.45, 7) is 5.58. The van der Waals surface area contributed by atoms with Crippen molar-refractivity contribution in [3.63, 3.8) is 0 Å². The van der Waals surface area contributed by atoms with Crippen LogP contribution < -0.4 is 0 Å². The van der Waals surface area contributed by atoms with Gasteiger partial charge in [0.2, 0.25) is 0 Å². The van der Waals surface area contributed by atoms with Crippen molar-refractivity contribution in [1.82, 2.24) is 0 Å². The molecule has 0 aromatic carbocycles. The van der Waals surface area contributed by atoms with E-state index >= 15 is 0 Å². The number of carbonyl (C=O) groups excluding carboxylic acids is 1. The first kappa shape index (κ1) is 17.7. The first-order valence-corrected chi connectivity index (χ1v) is 8.34. The van der Waals surface area contributed by atoms with E-state index in [0.29, 0.717) is 38.3 Å². The minimum Gasteiger partial charge on any atom is -0.464 e. The van der Waals surface area contributed by atoms with Gasteiger partial charge in [-0.05, 0) is 44.4 Å². The summed E-state index contributed by atoms with van der Waals surface area (Å²) in [5.41, 5.74) is 0. The fourth-order valence-electron chi connectivity index (χ4n) is 2.53. The fourth-order valence-corrected chi connectivity index (χ4v) is 2.53. The van der Waals surface area contributed by atoms with Crippen LogP contribution in [0.4, 0.5) is 0 Å². The van der Waals surface area contributed by atoms with Gasteiger partial charge in [0.05, 0.1) is 26.4 Å². The minimum absolute atomic E-state index is 0.0395. The van der Waals surface area contributed by atoms with E-state index in [-0.39, 0.29) is 18.9 Å². The average molecular weight is 316 g/mol. The van der Waals surface area contributed by atoms with Crippen molar-refractivity contribution < 1.29 is 28.5 Å². The molecule has 0 N–H and O–H groups in total. The molecule has 0 bridgehead atoms. The molecule has 128 valence electrons. The van der Waals surface area contributed by atoms with E-state index in [4.69, 9.17) is 23.7 Å². The second-order valence-corrected chi connectivity index (χ2v) is 5.82. The first-order valence-electron chi connectivity index (χ1n) is 8.34. The van der Waals surface area contributed by atoms with Crippen molar-refractivity contribution in [1.29, 1.82) is 0 Å². The molecule has 2 rings (SSSR count). The van der Waals surface area contributed by atoms with Crippen LogP contribution in [0.1, 0.15) is 32.6 Å². The summed E-state index contributed by atoms with van der Waals surface area (Å²) in [4.78, 5) is 11.1. The molecule has 0 radical (unpaired) electrons. The van der Waals surface area contributed by atoms with Crippen LogP contribution in [0.15, 0.2) is 0 Å². The summed E-state index contributed by atoms with van der Waals surface area (Å²) in [5, 5.41) is 0. The maximum absolute atomic E-state index is 11.1. The summed E-state index contributed by atoms with van der Waals surface area (Å²) in [5.74, 6) is 0.767. The average Bonchev–Trinajstić information content (AvgIpc) is 3.27. The maximum Gasteiger partial charge on any atom is 0.332 e. The van der Waals surface area contributed by atoms with E-state index < -0.39 is 0 Å². The van der Waals surface area contributed by atoms with Crippen molar-refractivity contribution in [2.24, 2.45) is 11.8 Å². The number of carbonyl (C=O) groups is 1. The summed E-state index contributed by atoms with van der Waals surface area (Å²) < 4.78 is 26.8. The van der Waals surface area contributed by atoms with Gasteiger partial charge >= 0.3 is 5.97 Å². The Labute approximate surface area is 132 Å². The zero-order valence-electron chi connectivity index (χ0n) is 13.5. The Morgan fingerprint density at radius 3 is 2.68 bits per heavy atom. The molecule has 1 unspecified atom stereocenters. The third-order valence-electron chi connectivity index (χ3n) is 3.93. The topological polar surface area (TPSA) is 63.2 Å². The standard InChI is InChI=1S/C16H28O6/c1-2-20-15(17)12-19-11-14-9-13(14)10-18-7-8-22-16-5-3-4-6-21-16/h13-14,16H,2-12H2,1H3/t13-,14+,16?/m1/s1. The van der Waals surface area contributed by atoms with E-state index in [0.717, 1.165) is 32.5 Å². The number of esters is 1. The smallest absolute Gasteiger partial charge is 0.332 e. The van der Waals surface area contributed by atoms with Crippen LogP contribution >= 0.6 is 0 Å². The van der Waals surface area contributed by atoms with Crippen LogP contribution in [0, 0.1) is 11.8 Å². The molecule has 2 fully saturated rings. The van der Waals surface area contributed by atoms with E-state index in [1.165, 1.54) is 6.42 Å². The van der Waals surface area contributed by atoms with Crippen LogP contribution in [0.3, 0.4) is 0 Å². The normalized spacial score (nSPS) is 27.6. The lowest BCUT2D eigenvalue weighted by atomic mass is 10.2. The Kier molecular flexibility index (Phi) is 8.15. The van der Waals surface area contributed by atoms with Crippen LogP contribution in [0.5, 0.6) is 0 Å². The molecule has 1 saturated carbocycles. The highest BCUT2D eigenvalue weighted by Crippen LogP contribution is 2.38. The predicted molar refractivity (Wildman–Crippen MR) is 79.4 cm³/mol. The molecule has 1 saturated heterocycles. The molecular formula is C16H28O6. The van der Waals surface area contributed by atoms with Crippen LogP contribution in [-0.4, -0.2) is 58.5 Å². The largest absolute Gasteiger partial charge is 0.464 e. The third kappa shape index (κ3) is 7.05. The lowest BCUT2D eigenvalue weighted by Gasteiger charge is -2.22. The highest BCUT2D eigenvalue weighted by atomic mass is 16.7. The van der Waals surface area contributed by atoms with Gasteiger partial charge in [0.1, 0.15) is 6.61 Å². The Balaban J connectivity index is 1.37. The third-order valence-corrected chi connectivity index (χ3v) is 3.93. The van der Waals surface area contributed by atoms with E-state index in [2.05, 4.69) is 0 Å². The second kappa shape index (κ2) is 10.2. The van der Waals surface area contributed by atoms with Crippen LogP contribution in [0.2, 0.25) is 0 Å². The van der Waals surface area contributed by atoms with Gasteiger partial charge in [-0.15, -0.1) is 0 Å². The van der Waals surface area contributed by atoms with E-state index in [1.54, 1.807) is 6.92 Å². The summed E-state index contributed by atoms with van der Waals surface area (Å²) >= 11 is 0. The Hall–Kier alpha value is -0.690. The molecule has 0 amide bonds. The quantitative estimate of drug-likeness (QED) is 0.427. The van der Waals surface area contributed by atoms with Crippen LogP contribution in [0.25, 0.3) is 0 Å². The van der Waals surface area contributed by atoms with Crippen molar-refractivity contribution in [3.05, 3.63) is 0 Å².